The van der Waals surface area contributed by atoms with E-state index in [2.05, 4.69) is 4.98 Å². The lowest BCUT2D eigenvalue weighted by molar-refractivity contribution is 0.288. The second kappa shape index (κ2) is 5.23. The molecule has 0 saturated heterocycles. The van der Waals surface area contributed by atoms with Gasteiger partial charge >= 0.3 is 0 Å². The zero-order valence-corrected chi connectivity index (χ0v) is 10.6. The third-order valence-corrected chi connectivity index (χ3v) is 2.56. The maximum absolute atomic E-state index is 5.87. The quantitative estimate of drug-likeness (QED) is 0.777. The highest BCUT2D eigenvalue weighted by Crippen LogP contribution is 2.33. The molecule has 0 aliphatic heterocycles. The van der Waals surface area contributed by atoms with Crippen molar-refractivity contribution in [2.45, 2.75) is 13.8 Å². The predicted octanol–water partition coefficient (Wildman–Crippen LogP) is 3.69. The molecule has 0 aliphatic carbocycles. The molecule has 1 aromatic carbocycles. The predicted molar refractivity (Wildman–Crippen MR) is 69.1 cm³/mol. The highest BCUT2D eigenvalue weighted by molar-refractivity contribution is 6.30. The normalized spacial score (nSPS) is 10.5. The lowest BCUT2D eigenvalue weighted by Crippen LogP contribution is -1.98. The van der Waals surface area contributed by atoms with Crippen molar-refractivity contribution in [3.8, 4) is 11.5 Å². The maximum atomic E-state index is 5.87. The number of ether oxygens (including phenoxy) is 2. The Morgan fingerprint density at radius 2 is 1.59 bits per heavy atom. The average Bonchev–Trinajstić information content (AvgIpc) is 2.31. The molecule has 0 radical (unpaired) electrons. The van der Waals surface area contributed by atoms with Crippen molar-refractivity contribution >= 4 is 22.4 Å². The lowest BCUT2D eigenvalue weighted by Gasteiger charge is -2.12. The minimum Gasteiger partial charge on any atom is -0.490 e. The van der Waals surface area contributed by atoms with Crippen LogP contribution in [0.15, 0.2) is 24.4 Å². The van der Waals surface area contributed by atoms with Crippen LogP contribution in [-0.2, 0) is 0 Å². The van der Waals surface area contributed by atoms with Gasteiger partial charge in [0.05, 0.1) is 13.2 Å². The van der Waals surface area contributed by atoms with Gasteiger partial charge in [0.15, 0.2) is 11.5 Å². The second-order valence-corrected chi connectivity index (χ2v) is 3.91. The first-order valence-electron chi connectivity index (χ1n) is 5.59. The number of pyridine rings is 1. The number of benzene rings is 1. The first-order valence-corrected chi connectivity index (χ1v) is 5.97. The van der Waals surface area contributed by atoms with Crippen molar-refractivity contribution in [1.82, 2.24) is 4.98 Å². The molecule has 17 heavy (non-hydrogen) atoms. The minimum absolute atomic E-state index is 0.476. The van der Waals surface area contributed by atoms with Crippen molar-refractivity contribution in [2.75, 3.05) is 13.2 Å². The van der Waals surface area contributed by atoms with Crippen molar-refractivity contribution < 1.29 is 9.47 Å². The van der Waals surface area contributed by atoms with Gasteiger partial charge in [-0.2, -0.15) is 0 Å². The molecule has 0 N–H and O–H groups in total. The fourth-order valence-electron chi connectivity index (χ4n) is 1.66. The zero-order valence-electron chi connectivity index (χ0n) is 9.87. The van der Waals surface area contributed by atoms with Gasteiger partial charge in [-0.25, -0.2) is 4.98 Å². The van der Waals surface area contributed by atoms with Crippen molar-refractivity contribution in [3.05, 3.63) is 29.5 Å². The average molecular weight is 252 g/mol. The van der Waals surface area contributed by atoms with Crippen LogP contribution in [0.25, 0.3) is 10.8 Å². The fourth-order valence-corrected chi connectivity index (χ4v) is 1.83. The molecule has 0 aliphatic rings. The molecule has 90 valence electrons. The highest BCUT2D eigenvalue weighted by Gasteiger charge is 2.07. The largest absolute Gasteiger partial charge is 0.490 e. The molecule has 0 atom stereocenters. The van der Waals surface area contributed by atoms with E-state index in [1.54, 1.807) is 6.20 Å². The topological polar surface area (TPSA) is 31.4 Å². The van der Waals surface area contributed by atoms with Crippen LogP contribution in [0.3, 0.4) is 0 Å². The van der Waals surface area contributed by atoms with Crippen LogP contribution >= 0.6 is 11.6 Å². The van der Waals surface area contributed by atoms with Crippen LogP contribution in [0.4, 0.5) is 0 Å². The summed E-state index contributed by atoms with van der Waals surface area (Å²) in [6.07, 6.45) is 1.73. The molecule has 4 heteroatoms. The molecule has 3 nitrogen and oxygen atoms in total. The Morgan fingerprint density at radius 3 is 2.18 bits per heavy atom. The van der Waals surface area contributed by atoms with Gasteiger partial charge in [0.25, 0.3) is 0 Å². The summed E-state index contributed by atoms with van der Waals surface area (Å²) < 4.78 is 11.1. The van der Waals surface area contributed by atoms with Crippen LogP contribution in [0, 0.1) is 0 Å². The Kier molecular flexibility index (Phi) is 3.69. The van der Waals surface area contributed by atoms with E-state index in [4.69, 9.17) is 21.1 Å². The standard InChI is InChI=1S/C13H14ClNO2/c1-3-16-11-5-9-7-13(14)15-8-10(9)6-12(11)17-4-2/h5-8H,3-4H2,1-2H3. The Balaban J connectivity index is 2.55. The zero-order chi connectivity index (χ0) is 12.3. The fraction of sp³-hybridized carbons (Fsp3) is 0.308. The van der Waals surface area contributed by atoms with Gasteiger partial charge in [-0.1, -0.05) is 11.6 Å². The number of nitrogens with zero attached hydrogens (tertiary/aromatic N) is 1. The SMILES string of the molecule is CCOc1cc2cnc(Cl)cc2cc1OCC. The lowest BCUT2D eigenvalue weighted by atomic mass is 10.1. The monoisotopic (exact) mass is 251 g/mol. The van der Waals surface area contributed by atoms with E-state index in [0.29, 0.717) is 18.4 Å². The Morgan fingerprint density at radius 1 is 1.00 bits per heavy atom. The summed E-state index contributed by atoms with van der Waals surface area (Å²) >= 11 is 5.87. The minimum atomic E-state index is 0.476. The van der Waals surface area contributed by atoms with Crippen molar-refractivity contribution in [3.63, 3.8) is 0 Å². The number of aromatic nitrogens is 1. The first-order chi connectivity index (χ1) is 8.24. The van der Waals surface area contributed by atoms with Gasteiger partial charge in [-0.15, -0.1) is 0 Å². The Bertz CT molecular complexity index is 528. The highest BCUT2D eigenvalue weighted by atomic mass is 35.5. The molecule has 2 rings (SSSR count). The van der Waals surface area contributed by atoms with Gasteiger partial charge in [0.2, 0.25) is 0 Å². The number of fused-ring (bicyclic) bond motifs is 1. The molecule has 0 spiro atoms. The number of halogens is 1. The van der Waals surface area contributed by atoms with E-state index in [-0.39, 0.29) is 0 Å². The summed E-state index contributed by atoms with van der Waals surface area (Å²) in [4.78, 5) is 4.05. The van der Waals surface area contributed by atoms with Gasteiger partial charge in [0, 0.05) is 11.6 Å². The number of rotatable bonds is 4. The molecule has 0 unspecified atom stereocenters. The van der Waals surface area contributed by atoms with E-state index in [9.17, 15) is 0 Å². The van der Waals surface area contributed by atoms with Gasteiger partial charge in [0.1, 0.15) is 5.15 Å². The maximum Gasteiger partial charge on any atom is 0.161 e. The third-order valence-electron chi connectivity index (χ3n) is 2.35. The van der Waals surface area contributed by atoms with Crippen LogP contribution < -0.4 is 9.47 Å². The molecule has 1 heterocycles. The van der Waals surface area contributed by atoms with E-state index in [0.717, 1.165) is 22.3 Å². The van der Waals surface area contributed by atoms with Crippen LogP contribution in [0.5, 0.6) is 11.5 Å². The van der Waals surface area contributed by atoms with E-state index in [1.807, 2.05) is 32.0 Å². The van der Waals surface area contributed by atoms with Crippen LogP contribution in [0.2, 0.25) is 5.15 Å². The summed E-state index contributed by atoms with van der Waals surface area (Å²) in [6.45, 7) is 5.09. The third kappa shape index (κ3) is 2.61. The molecule has 0 fully saturated rings. The Hall–Kier alpha value is -1.48. The van der Waals surface area contributed by atoms with Gasteiger partial charge < -0.3 is 9.47 Å². The number of hydrogen-bond donors (Lipinski definition) is 0. The van der Waals surface area contributed by atoms with Crippen molar-refractivity contribution in [2.24, 2.45) is 0 Å². The van der Waals surface area contributed by atoms with Crippen LogP contribution in [0.1, 0.15) is 13.8 Å². The molecular formula is C13H14ClNO2. The molecule has 0 amide bonds. The number of hydrogen-bond acceptors (Lipinski definition) is 3. The molecule has 2 aromatic rings. The van der Waals surface area contributed by atoms with E-state index < -0.39 is 0 Å². The van der Waals surface area contributed by atoms with E-state index in [1.165, 1.54) is 0 Å². The van der Waals surface area contributed by atoms with Gasteiger partial charge in [-0.3, -0.25) is 0 Å². The van der Waals surface area contributed by atoms with Gasteiger partial charge in [-0.05, 0) is 37.4 Å². The first kappa shape index (κ1) is 12.0. The second-order valence-electron chi connectivity index (χ2n) is 3.52. The smallest absolute Gasteiger partial charge is 0.161 e. The van der Waals surface area contributed by atoms with Crippen molar-refractivity contribution in [1.29, 1.82) is 0 Å². The molecular weight excluding hydrogens is 238 g/mol. The molecule has 0 bridgehead atoms. The summed E-state index contributed by atoms with van der Waals surface area (Å²) in [6, 6.07) is 5.67. The molecule has 1 aromatic heterocycles. The summed E-state index contributed by atoms with van der Waals surface area (Å²) in [5, 5.41) is 2.46. The summed E-state index contributed by atoms with van der Waals surface area (Å²) in [5.74, 6) is 1.48. The van der Waals surface area contributed by atoms with Crippen LogP contribution in [-0.4, -0.2) is 18.2 Å². The summed E-state index contributed by atoms with van der Waals surface area (Å²) in [7, 11) is 0. The molecule has 0 saturated carbocycles. The Labute approximate surface area is 105 Å². The summed E-state index contributed by atoms with van der Waals surface area (Å²) in [5.41, 5.74) is 0. The van der Waals surface area contributed by atoms with E-state index >= 15 is 0 Å².